The third kappa shape index (κ3) is 1.02. The van der Waals surface area contributed by atoms with E-state index >= 15 is 0 Å². The fourth-order valence-electron chi connectivity index (χ4n) is 1.07. The van der Waals surface area contributed by atoms with Crippen LogP contribution in [0.25, 0.3) is 0 Å². The molecule has 2 rings (SSSR count). The van der Waals surface area contributed by atoms with Gasteiger partial charge in [0, 0.05) is 6.20 Å². The van der Waals surface area contributed by atoms with Crippen LogP contribution in [0.4, 0.5) is 5.82 Å². The normalized spacial score (nSPS) is 13.7. The summed E-state index contributed by atoms with van der Waals surface area (Å²) in [6, 6.07) is 1.52. The molecule has 0 aromatic carbocycles. The molecule has 5 heteroatoms. The fourth-order valence-corrected chi connectivity index (χ4v) is 1.99. The summed E-state index contributed by atoms with van der Waals surface area (Å²) in [6.45, 7) is 0. The van der Waals surface area contributed by atoms with E-state index in [1.807, 2.05) is 0 Å². The molecular weight excluding hydrogens is 176 g/mol. The van der Waals surface area contributed by atoms with Crippen LogP contribution in [0.2, 0.25) is 0 Å². The molecule has 1 aliphatic heterocycles. The summed E-state index contributed by atoms with van der Waals surface area (Å²) in [5.41, 5.74) is 0.329. The lowest BCUT2D eigenvalue weighted by Gasteiger charge is -1.99. The molecule has 0 fully saturated rings. The van der Waals surface area contributed by atoms with E-state index in [0.717, 1.165) is 4.90 Å². The van der Waals surface area contributed by atoms with Crippen molar-refractivity contribution in [3.8, 4) is 0 Å². The monoisotopic (exact) mass is 182 g/mol. The second kappa shape index (κ2) is 2.67. The Bertz CT molecular complexity index is 340. The maximum atomic E-state index is 10.7. The van der Waals surface area contributed by atoms with Crippen LogP contribution >= 0.6 is 11.8 Å². The van der Waals surface area contributed by atoms with E-state index in [1.165, 1.54) is 24.0 Å². The Kier molecular flexibility index (Phi) is 1.65. The lowest BCUT2D eigenvalue weighted by Crippen LogP contribution is -1.99. The van der Waals surface area contributed by atoms with E-state index in [4.69, 9.17) is 5.11 Å². The molecule has 0 saturated carbocycles. The van der Waals surface area contributed by atoms with Crippen molar-refractivity contribution in [2.45, 2.75) is 4.90 Å². The van der Waals surface area contributed by atoms with Gasteiger partial charge in [-0.05, 0) is 6.07 Å². The maximum Gasteiger partial charge on any atom is 0.337 e. The van der Waals surface area contributed by atoms with Gasteiger partial charge in [0.1, 0.15) is 5.82 Å². The standard InChI is InChI=1S/C7H6N2O2S/c10-7(11)4-1-2-8-6-5(4)12-3-9-6/h1-2H,3H2,(H,8,9)(H,10,11). The van der Waals surface area contributed by atoms with Gasteiger partial charge in [0.25, 0.3) is 0 Å². The first-order valence-electron chi connectivity index (χ1n) is 3.38. The summed E-state index contributed by atoms with van der Waals surface area (Å²) in [4.78, 5) is 15.4. The molecule has 2 heterocycles. The number of fused-ring (bicyclic) bond motifs is 1. The number of hydrogen-bond acceptors (Lipinski definition) is 4. The Morgan fingerprint density at radius 1 is 1.75 bits per heavy atom. The number of thioether (sulfide) groups is 1. The van der Waals surface area contributed by atoms with E-state index < -0.39 is 5.97 Å². The molecule has 4 nitrogen and oxygen atoms in total. The minimum Gasteiger partial charge on any atom is -0.478 e. The summed E-state index contributed by atoms with van der Waals surface area (Å²) in [7, 11) is 0. The number of pyridine rings is 1. The summed E-state index contributed by atoms with van der Waals surface area (Å²) in [5, 5.41) is 11.8. The van der Waals surface area contributed by atoms with Crippen LogP contribution < -0.4 is 5.32 Å². The average Bonchev–Trinajstić information content (AvgIpc) is 2.49. The van der Waals surface area contributed by atoms with Gasteiger partial charge in [-0.2, -0.15) is 0 Å². The predicted octanol–water partition coefficient (Wildman–Crippen LogP) is 1.25. The second-order valence-electron chi connectivity index (χ2n) is 2.31. The van der Waals surface area contributed by atoms with Crippen LogP contribution in [0.5, 0.6) is 0 Å². The van der Waals surface area contributed by atoms with Gasteiger partial charge in [0.15, 0.2) is 0 Å². The molecule has 0 amide bonds. The zero-order valence-electron chi connectivity index (χ0n) is 6.07. The van der Waals surface area contributed by atoms with Gasteiger partial charge in [-0.15, -0.1) is 0 Å². The molecule has 1 aromatic rings. The van der Waals surface area contributed by atoms with Crippen molar-refractivity contribution in [1.29, 1.82) is 0 Å². The van der Waals surface area contributed by atoms with Crippen molar-refractivity contribution < 1.29 is 9.90 Å². The summed E-state index contributed by atoms with van der Waals surface area (Å²) in [6.07, 6.45) is 1.50. The molecule has 0 spiro atoms. The highest BCUT2D eigenvalue weighted by Gasteiger charge is 2.19. The second-order valence-corrected chi connectivity index (χ2v) is 3.29. The van der Waals surface area contributed by atoms with Gasteiger partial charge in [0.05, 0.1) is 16.3 Å². The van der Waals surface area contributed by atoms with Gasteiger partial charge in [0.2, 0.25) is 0 Å². The van der Waals surface area contributed by atoms with Gasteiger partial charge in [-0.25, -0.2) is 9.78 Å². The zero-order chi connectivity index (χ0) is 8.55. The van der Waals surface area contributed by atoms with Crippen molar-refractivity contribution in [3.63, 3.8) is 0 Å². The molecule has 0 radical (unpaired) electrons. The smallest absolute Gasteiger partial charge is 0.337 e. The quantitative estimate of drug-likeness (QED) is 0.684. The Balaban J connectivity index is 2.56. The number of nitrogens with one attached hydrogen (secondary N) is 1. The lowest BCUT2D eigenvalue weighted by atomic mass is 10.2. The van der Waals surface area contributed by atoms with Crippen LogP contribution in [0.15, 0.2) is 17.2 Å². The van der Waals surface area contributed by atoms with Crippen molar-refractivity contribution >= 4 is 23.5 Å². The first kappa shape index (κ1) is 7.42. The highest BCUT2D eigenvalue weighted by Crippen LogP contribution is 2.34. The van der Waals surface area contributed by atoms with Crippen LogP contribution in [0, 0.1) is 0 Å². The molecule has 62 valence electrons. The first-order valence-corrected chi connectivity index (χ1v) is 4.36. The number of carbonyl (C=O) groups is 1. The number of nitrogens with zero attached hydrogens (tertiary/aromatic N) is 1. The number of carboxylic acids is 1. The van der Waals surface area contributed by atoms with E-state index in [0.29, 0.717) is 17.3 Å². The van der Waals surface area contributed by atoms with E-state index in [1.54, 1.807) is 0 Å². The molecule has 0 atom stereocenters. The lowest BCUT2D eigenvalue weighted by molar-refractivity contribution is 0.0693. The first-order chi connectivity index (χ1) is 5.79. The van der Waals surface area contributed by atoms with Crippen LogP contribution in [0.1, 0.15) is 10.4 Å². The SMILES string of the molecule is O=C(O)c1ccnc2c1SCN2. The number of aromatic nitrogens is 1. The van der Waals surface area contributed by atoms with Crippen molar-refractivity contribution in [1.82, 2.24) is 4.98 Å². The summed E-state index contributed by atoms with van der Waals surface area (Å²) >= 11 is 1.47. The summed E-state index contributed by atoms with van der Waals surface area (Å²) in [5.74, 6) is 0.483. The molecule has 0 unspecified atom stereocenters. The van der Waals surface area contributed by atoms with Gasteiger partial charge in [-0.3, -0.25) is 0 Å². The zero-order valence-corrected chi connectivity index (χ0v) is 6.89. The third-order valence-corrected chi connectivity index (χ3v) is 2.58. The Hall–Kier alpha value is -1.23. The molecule has 1 aliphatic rings. The van der Waals surface area contributed by atoms with Gasteiger partial charge in [-0.1, -0.05) is 11.8 Å². The Morgan fingerprint density at radius 3 is 3.33 bits per heavy atom. The fraction of sp³-hybridized carbons (Fsp3) is 0.143. The van der Waals surface area contributed by atoms with E-state index in [-0.39, 0.29) is 0 Å². The third-order valence-electron chi connectivity index (χ3n) is 1.59. The number of anilines is 1. The van der Waals surface area contributed by atoms with Gasteiger partial charge < -0.3 is 10.4 Å². The van der Waals surface area contributed by atoms with Crippen LogP contribution in [-0.2, 0) is 0 Å². The minimum atomic E-state index is -0.898. The van der Waals surface area contributed by atoms with E-state index in [2.05, 4.69) is 10.3 Å². The van der Waals surface area contributed by atoms with Crippen LogP contribution in [0.3, 0.4) is 0 Å². The molecule has 2 N–H and O–H groups in total. The highest BCUT2D eigenvalue weighted by atomic mass is 32.2. The Morgan fingerprint density at radius 2 is 2.58 bits per heavy atom. The Labute approximate surface area is 73.0 Å². The predicted molar refractivity (Wildman–Crippen MR) is 45.5 cm³/mol. The summed E-state index contributed by atoms with van der Waals surface area (Å²) < 4.78 is 0. The van der Waals surface area contributed by atoms with Crippen LogP contribution in [-0.4, -0.2) is 21.9 Å². The highest BCUT2D eigenvalue weighted by molar-refractivity contribution is 8.00. The number of rotatable bonds is 1. The van der Waals surface area contributed by atoms with Crippen molar-refractivity contribution in [2.24, 2.45) is 0 Å². The maximum absolute atomic E-state index is 10.7. The minimum absolute atomic E-state index is 0.329. The molecule has 1 aromatic heterocycles. The van der Waals surface area contributed by atoms with Gasteiger partial charge >= 0.3 is 5.97 Å². The molecule has 0 bridgehead atoms. The number of aromatic carboxylic acids is 1. The number of hydrogen-bond donors (Lipinski definition) is 2. The molecule has 0 saturated heterocycles. The number of carboxylic acid groups (broad SMARTS) is 1. The van der Waals surface area contributed by atoms with Crippen molar-refractivity contribution in [2.75, 3.05) is 11.2 Å². The molecule has 12 heavy (non-hydrogen) atoms. The molecular formula is C7H6N2O2S. The average molecular weight is 182 g/mol. The largest absolute Gasteiger partial charge is 0.478 e. The van der Waals surface area contributed by atoms with E-state index in [9.17, 15) is 4.79 Å². The topological polar surface area (TPSA) is 62.2 Å². The van der Waals surface area contributed by atoms with Crippen molar-refractivity contribution in [3.05, 3.63) is 17.8 Å². The molecule has 0 aliphatic carbocycles.